The molecular formula is C13H17NO3. The zero-order chi connectivity index (χ0) is 13.0. The maximum Gasteiger partial charge on any atom is 0.308 e. The van der Waals surface area contributed by atoms with Gasteiger partial charge in [-0.1, -0.05) is 0 Å². The largest absolute Gasteiger partial charge is 0.427 e. The van der Waals surface area contributed by atoms with Crippen LogP contribution in [0.1, 0.15) is 24.2 Å². The molecule has 1 atom stereocenters. The first-order chi connectivity index (χ1) is 7.91. The van der Waals surface area contributed by atoms with Crippen molar-refractivity contribution in [3.05, 3.63) is 29.8 Å². The van der Waals surface area contributed by atoms with Crippen LogP contribution in [0.5, 0.6) is 5.75 Å². The quantitative estimate of drug-likeness (QED) is 0.453. The number of Topliss-reactive ketones (excluding diaryl/α,β-unsaturated/α-hetero) is 1. The molecular weight excluding hydrogens is 218 g/mol. The molecule has 0 spiro atoms. The zero-order valence-corrected chi connectivity index (χ0v) is 10.6. The van der Waals surface area contributed by atoms with E-state index in [-0.39, 0.29) is 17.8 Å². The summed E-state index contributed by atoms with van der Waals surface area (Å²) < 4.78 is 4.90. The third kappa shape index (κ3) is 3.67. The fourth-order valence-corrected chi connectivity index (χ4v) is 1.33. The van der Waals surface area contributed by atoms with E-state index in [0.29, 0.717) is 11.3 Å². The monoisotopic (exact) mass is 235 g/mol. The molecule has 0 fully saturated rings. The fraction of sp³-hybridized carbons (Fsp3) is 0.385. The molecule has 0 aliphatic heterocycles. The van der Waals surface area contributed by atoms with Gasteiger partial charge in [-0.2, -0.15) is 0 Å². The van der Waals surface area contributed by atoms with Crippen LogP contribution in [-0.2, 0) is 4.79 Å². The minimum atomic E-state index is -0.370. The number of nitrogens with zero attached hydrogens (tertiary/aromatic N) is 1. The van der Waals surface area contributed by atoms with Gasteiger partial charge >= 0.3 is 5.97 Å². The molecule has 4 heteroatoms. The smallest absolute Gasteiger partial charge is 0.308 e. The van der Waals surface area contributed by atoms with Gasteiger partial charge in [-0.25, -0.2) is 0 Å². The fourth-order valence-electron chi connectivity index (χ4n) is 1.33. The Bertz CT molecular complexity index is 409. The van der Waals surface area contributed by atoms with E-state index in [4.69, 9.17) is 4.74 Å². The van der Waals surface area contributed by atoms with Crippen molar-refractivity contribution in [2.45, 2.75) is 19.9 Å². The molecule has 0 heterocycles. The van der Waals surface area contributed by atoms with Crippen molar-refractivity contribution >= 4 is 11.8 Å². The molecule has 0 radical (unpaired) electrons. The Hall–Kier alpha value is -1.68. The topological polar surface area (TPSA) is 46.6 Å². The number of carbonyl (C=O) groups excluding carboxylic acids is 2. The highest BCUT2D eigenvalue weighted by Gasteiger charge is 2.16. The van der Waals surface area contributed by atoms with Crippen molar-refractivity contribution < 1.29 is 14.3 Å². The van der Waals surface area contributed by atoms with Crippen LogP contribution in [0.25, 0.3) is 0 Å². The standard InChI is InChI=1S/C13H17NO3/c1-9(14(3)4)13(16)11-5-7-12(8-6-11)17-10(2)15/h5-9H,1-4H3. The summed E-state index contributed by atoms with van der Waals surface area (Å²) in [5.41, 5.74) is 0.613. The third-order valence-electron chi connectivity index (χ3n) is 2.55. The lowest BCUT2D eigenvalue weighted by Crippen LogP contribution is -2.32. The average Bonchev–Trinajstić information content (AvgIpc) is 2.27. The lowest BCUT2D eigenvalue weighted by atomic mass is 10.0. The molecule has 1 unspecified atom stereocenters. The Labute approximate surface area is 101 Å². The summed E-state index contributed by atoms with van der Waals surface area (Å²) in [6.07, 6.45) is 0. The minimum absolute atomic E-state index is 0.0457. The van der Waals surface area contributed by atoms with Crippen LogP contribution < -0.4 is 4.74 Å². The molecule has 1 rings (SSSR count). The number of esters is 1. The minimum Gasteiger partial charge on any atom is -0.427 e. The molecule has 0 N–H and O–H groups in total. The summed E-state index contributed by atoms with van der Waals surface area (Å²) in [5.74, 6) is 0.127. The van der Waals surface area contributed by atoms with E-state index in [0.717, 1.165) is 0 Å². The van der Waals surface area contributed by atoms with Gasteiger partial charge in [-0.05, 0) is 45.3 Å². The molecule has 1 aromatic carbocycles. The molecule has 0 aliphatic rings. The molecule has 92 valence electrons. The van der Waals surface area contributed by atoms with E-state index in [1.165, 1.54) is 6.92 Å². The van der Waals surface area contributed by atoms with Gasteiger partial charge in [0.2, 0.25) is 0 Å². The van der Waals surface area contributed by atoms with Gasteiger partial charge in [0.25, 0.3) is 0 Å². The molecule has 0 bridgehead atoms. The Morgan fingerprint density at radius 1 is 1.18 bits per heavy atom. The molecule has 17 heavy (non-hydrogen) atoms. The van der Waals surface area contributed by atoms with E-state index in [9.17, 15) is 9.59 Å². The number of ether oxygens (including phenoxy) is 1. The number of likely N-dealkylation sites (N-methyl/N-ethyl adjacent to an activating group) is 1. The SMILES string of the molecule is CC(=O)Oc1ccc(C(=O)C(C)N(C)C)cc1. The Morgan fingerprint density at radius 3 is 2.12 bits per heavy atom. The summed E-state index contributed by atoms with van der Waals surface area (Å²) in [7, 11) is 3.71. The third-order valence-corrected chi connectivity index (χ3v) is 2.55. The van der Waals surface area contributed by atoms with E-state index < -0.39 is 0 Å². The van der Waals surface area contributed by atoms with E-state index >= 15 is 0 Å². The van der Waals surface area contributed by atoms with Gasteiger partial charge in [-0.15, -0.1) is 0 Å². The molecule has 0 saturated carbocycles. The van der Waals surface area contributed by atoms with Crippen LogP contribution in [0.15, 0.2) is 24.3 Å². The molecule has 4 nitrogen and oxygen atoms in total. The Balaban J connectivity index is 2.80. The van der Waals surface area contributed by atoms with E-state index in [1.807, 2.05) is 25.9 Å². The van der Waals surface area contributed by atoms with Crippen LogP contribution >= 0.6 is 0 Å². The maximum absolute atomic E-state index is 12.0. The molecule has 0 saturated heterocycles. The van der Waals surface area contributed by atoms with Gasteiger partial charge in [0, 0.05) is 12.5 Å². The van der Waals surface area contributed by atoms with E-state index in [1.54, 1.807) is 24.3 Å². The van der Waals surface area contributed by atoms with Gasteiger partial charge in [0.05, 0.1) is 6.04 Å². The summed E-state index contributed by atoms with van der Waals surface area (Å²) in [4.78, 5) is 24.6. The second-order valence-electron chi connectivity index (χ2n) is 4.12. The van der Waals surface area contributed by atoms with Gasteiger partial charge in [0.1, 0.15) is 5.75 Å². The van der Waals surface area contributed by atoms with Crippen LogP contribution in [0.2, 0.25) is 0 Å². The van der Waals surface area contributed by atoms with Crippen molar-refractivity contribution in [2.75, 3.05) is 14.1 Å². The zero-order valence-electron chi connectivity index (χ0n) is 10.6. The molecule has 1 aromatic rings. The summed E-state index contributed by atoms with van der Waals surface area (Å²) >= 11 is 0. The highest BCUT2D eigenvalue weighted by molar-refractivity contribution is 5.99. The van der Waals surface area contributed by atoms with Crippen LogP contribution in [0.3, 0.4) is 0 Å². The van der Waals surface area contributed by atoms with Crippen molar-refractivity contribution in [1.82, 2.24) is 4.90 Å². The van der Waals surface area contributed by atoms with Gasteiger partial charge in [-0.3, -0.25) is 14.5 Å². The second-order valence-corrected chi connectivity index (χ2v) is 4.12. The predicted molar refractivity (Wildman–Crippen MR) is 65.2 cm³/mol. The van der Waals surface area contributed by atoms with Crippen LogP contribution in [0.4, 0.5) is 0 Å². The lowest BCUT2D eigenvalue weighted by Gasteiger charge is -2.18. The summed E-state index contributed by atoms with van der Waals surface area (Å²) in [5, 5.41) is 0. The highest BCUT2D eigenvalue weighted by atomic mass is 16.5. The first-order valence-corrected chi connectivity index (χ1v) is 5.41. The number of hydrogen-bond acceptors (Lipinski definition) is 4. The molecule has 0 aliphatic carbocycles. The number of benzene rings is 1. The molecule has 0 amide bonds. The first-order valence-electron chi connectivity index (χ1n) is 5.41. The van der Waals surface area contributed by atoms with Crippen molar-refractivity contribution in [3.63, 3.8) is 0 Å². The number of ketones is 1. The molecule has 0 aromatic heterocycles. The number of hydrogen-bond donors (Lipinski definition) is 0. The number of rotatable bonds is 4. The maximum atomic E-state index is 12.0. The van der Waals surface area contributed by atoms with Gasteiger partial charge in [0.15, 0.2) is 5.78 Å². The Morgan fingerprint density at radius 2 is 1.71 bits per heavy atom. The second kappa shape index (κ2) is 5.59. The highest BCUT2D eigenvalue weighted by Crippen LogP contribution is 2.14. The summed E-state index contributed by atoms with van der Waals surface area (Å²) in [6.45, 7) is 3.19. The van der Waals surface area contributed by atoms with Crippen molar-refractivity contribution in [3.8, 4) is 5.75 Å². The Kier molecular flexibility index (Phi) is 4.40. The van der Waals surface area contributed by atoms with Crippen molar-refractivity contribution in [2.24, 2.45) is 0 Å². The summed E-state index contributed by atoms with van der Waals surface area (Å²) in [6, 6.07) is 6.41. The average molecular weight is 235 g/mol. The first kappa shape index (κ1) is 13.4. The van der Waals surface area contributed by atoms with Crippen molar-refractivity contribution in [1.29, 1.82) is 0 Å². The van der Waals surface area contributed by atoms with Crippen LogP contribution in [0, 0.1) is 0 Å². The number of carbonyl (C=O) groups is 2. The van der Waals surface area contributed by atoms with Crippen LogP contribution in [-0.4, -0.2) is 36.8 Å². The van der Waals surface area contributed by atoms with Gasteiger partial charge < -0.3 is 4.74 Å². The van der Waals surface area contributed by atoms with E-state index in [2.05, 4.69) is 0 Å². The predicted octanol–water partition coefficient (Wildman–Crippen LogP) is 1.74. The normalized spacial score (nSPS) is 12.3. The lowest BCUT2D eigenvalue weighted by molar-refractivity contribution is -0.131.